The summed E-state index contributed by atoms with van der Waals surface area (Å²) in [6.45, 7) is 5.80. The van der Waals surface area contributed by atoms with E-state index in [1.807, 2.05) is 19.1 Å². The van der Waals surface area contributed by atoms with E-state index in [4.69, 9.17) is 0 Å². The van der Waals surface area contributed by atoms with Gasteiger partial charge in [0.1, 0.15) is 11.6 Å². The van der Waals surface area contributed by atoms with Gasteiger partial charge in [-0.05, 0) is 30.8 Å². The zero-order chi connectivity index (χ0) is 19.9. The molecule has 1 fully saturated rings. The van der Waals surface area contributed by atoms with Gasteiger partial charge in [0.05, 0.1) is 0 Å². The van der Waals surface area contributed by atoms with Gasteiger partial charge in [0, 0.05) is 51.9 Å². The number of piperazine rings is 1. The zero-order valence-corrected chi connectivity index (χ0v) is 16.5. The van der Waals surface area contributed by atoms with Crippen molar-refractivity contribution in [2.45, 2.75) is 13.3 Å². The lowest BCUT2D eigenvalue weighted by Crippen LogP contribution is -2.45. The average molecular weight is 382 g/mol. The van der Waals surface area contributed by atoms with E-state index < -0.39 is 0 Å². The average Bonchev–Trinajstić information content (AvgIpc) is 2.73. The van der Waals surface area contributed by atoms with Crippen molar-refractivity contribution in [3.05, 3.63) is 35.8 Å². The summed E-state index contributed by atoms with van der Waals surface area (Å²) >= 11 is 0. The van der Waals surface area contributed by atoms with Crippen LogP contribution in [0, 0.1) is 0 Å². The van der Waals surface area contributed by atoms with E-state index in [9.17, 15) is 4.79 Å². The van der Waals surface area contributed by atoms with Gasteiger partial charge in [0.2, 0.25) is 17.8 Å². The highest BCUT2D eigenvalue weighted by Crippen LogP contribution is 2.17. The summed E-state index contributed by atoms with van der Waals surface area (Å²) in [5.41, 5.74) is 0.831. The molecule has 0 unspecified atom stereocenters. The number of rotatable bonds is 6. The topological polar surface area (TPSA) is 99.2 Å². The molecule has 1 saturated heterocycles. The number of nitrogens with one attached hydrogen (secondary N) is 2. The van der Waals surface area contributed by atoms with E-state index in [0.29, 0.717) is 17.7 Å². The van der Waals surface area contributed by atoms with Gasteiger partial charge in [0.15, 0.2) is 0 Å². The Kier molecular flexibility index (Phi) is 6.49. The summed E-state index contributed by atoms with van der Waals surface area (Å²) in [6, 6.07) is 3.70. The normalized spacial score (nSPS) is 15.0. The first kappa shape index (κ1) is 19.7. The number of carbonyl (C=O) groups excluding carboxylic acids is 1. The first-order valence-corrected chi connectivity index (χ1v) is 9.38. The van der Waals surface area contributed by atoms with Crippen molar-refractivity contribution in [2.24, 2.45) is 0 Å². The van der Waals surface area contributed by atoms with Crippen LogP contribution < -0.4 is 15.5 Å². The summed E-state index contributed by atoms with van der Waals surface area (Å²) in [6.07, 6.45) is 5.59. The van der Waals surface area contributed by atoms with Crippen molar-refractivity contribution in [3.63, 3.8) is 0 Å². The fourth-order valence-electron chi connectivity index (χ4n) is 2.72. The van der Waals surface area contributed by atoms with E-state index in [-0.39, 0.29) is 5.91 Å². The highest BCUT2D eigenvalue weighted by molar-refractivity contribution is 5.91. The third-order valence-electron chi connectivity index (χ3n) is 4.47. The van der Waals surface area contributed by atoms with E-state index in [2.05, 4.69) is 47.4 Å². The van der Waals surface area contributed by atoms with Crippen LogP contribution in [0.5, 0.6) is 0 Å². The van der Waals surface area contributed by atoms with Gasteiger partial charge in [-0.1, -0.05) is 6.92 Å². The van der Waals surface area contributed by atoms with E-state index in [0.717, 1.165) is 44.0 Å². The second-order valence-corrected chi connectivity index (χ2v) is 6.57. The monoisotopic (exact) mass is 382 g/mol. The Morgan fingerprint density at radius 1 is 1.18 bits per heavy atom. The Morgan fingerprint density at radius 2 is 1.96 bits per heavy atom. The second kappa shape index (κ2) is 9.23. The zero-order valence-electron chi connectivity index (χ0n) is 16.5. The predicted molar refractivity (Wildman–Crippen MR) is 110 cm³/mol. The molecular formula is C19H26N8O. The predicted octanol–water partition coefficient (Wildman–Crippen LogP) is 1.08. The summed E-state index contributed by atoms with van der Waals surface area (Å²) < 4.78 is 0. The third kappa shape index (κ3) is 5.23. The van der Waals surface area contributed by atoms with Gasteiger partial charge in [-0.2, -0.15) is 15.0 Å². The number of carbonyl (C=O) groups is 1. The smallest absolute Gasteiger partial charge is 0.243 e. The van der Waals surface area contributed by atoms with Crippen molar-refractivity contribution in [1.82, 2.24) is 30.2 Å². The molecule has 148 valence electrons. The summed E-state index contributed by atoms with van der Waals surface area (Å²) in [4.78, 5) is 33.8. The second-order valence-electron chi connectivity index (χ2n) is 6.57. The Morgan fingerprint density at radius 3 is 2.61 bits per heavy atom. The molecule has 1 aliphatic rings. The van der Waals surface area contributed by atoms with Crippen molar-refractivity contribution in [2.75, 3.05) is 50.5 Å². The van der Waals surface area contributed by atoms with Crippen LogP contribution in [-0.4, -0.2) is 71.0 Å². The molecule has 28 heavy (non-hydrogen) atoms. The Hall–Kier alpha value is -3.07. The van der Waals surface area contributed by atoms with Crippen LogP contribution in [0.1, 0.15) is 18.3 Å². The quantitative estimate of drug-likeness (QED) is 0.716. The molecule has 0 radical (unpaired) electrons. The van der Waals surface area contributed by atoms with Gasteiger partial charge in [-0.15, -0.1) is 0 Å². The number of aromatic nitrogens is 4. The number of amides is 1. The molecule has 0 bridgehead atoms. The number of likely N-dealkylation sites (N-methyl/N-ethyl adjacent to an activating group) is 2. The van der Waals surface area contributed by atoms with Crippen molar-refractivity contribution in [1.29, 1.82) is 0 Å². The van der Waals surface area contributed by atoms with Crippen LogP contribution in [0.2, 0.25) is 0 Å². The lowest BCUT2D eigenvalue weighted by molar-refractivity contribution is -0.115. The van der Waals surface area contributed by atoms with Crippen molar-refractivity contribution >= 4 is 29.7 Å². The van der Waals surface area contributed by atoms with Crippen molar-refractivity contribution < 1.29 is 4.79 Å². The summed E-state index contributed by atoms with van der Waals surface area (Å²) in [5.74, 6) is 2.41. The molecule has 1 amide bonds. The maximum atomic E-state index is 11.3. The van der Waals surface area contributed by atoms with Gasteiger partial charge in [-0.25, -0.2) is 4.98 Å². The largest absolute Gasteiger partial charge is 0.356 e. The number of pyridine rings is 1. The first-order valence-electron chi connectivity index (χ1n) is 9.38. The van der Waals surface area contributed by atoms with Gasteiger partial charge in [-0.3, -0.25) is 4.79 Å². The van der Waals surface area contributed by atoms with Crippen molar-refractivity contribution in [3.8, 4) is 0 Å². The minimum Gasteiger partial charge on any atom is -0.356 e. The number of hydrogen-bond donors (Lipinski definition) is 2. The minimum absolute atomic E-state index is 0.157. The van der Waals surface area contributed by atoms with Crippen LogP contribution in [0.4, 0.5) is 17.7 Å². The number of nitrogens with zero attached hydrogens (tertiary/aromatic N) is 6. The molecule has 0 spiro atoms. The molecule has 0 saturated carbocycles. The van der Waals surface area contributed by atoms with Gasteiger partial charge < -0.3 is 20.4 Å². The van der Waals surface area contributed by atoms with Crippen LogP contribution in [0.25, 0.3) is 6.08 Å². The number of anilines is 3. The fraction of sp³-hybridized carbons (Fsp3) is 0.421. The number of aryl methyl sites for hydroxylation is 1. The molecule has 0 aliphatic carbocycles. The van der Waals surface area contributed by atoms with Gasteiger partial charge in [0.25, 0.3) is 0 Å². The Labute approximate surface area is 164 Å². The molecule has 0 aromatic carbocycles. The lowest BCUT2D eigenvalue weighted by atomic mass is 10.2. The molecule has 2 N–H and O–H groups in total. The highest BCUT2D eigenvalue weighted by Gasteiger charge is 2.18. The Balaban J connectivity index is 1.73. The molecule has 3 heterocycles. The summed E-state index contributed by atoms with van der Waals surface area (Å²) in [5, 5.41) is 5.69. The molecule has 9 heteroatoms. The molecule has 3 rings (SSSR count). The highest BCUT2D eigenvalue weighted by atomic mass is 16.1. The van der Waals surface area contributed by atoms with E-state index >= 15 is 0 Å². The maximum absolute atomic E-state index is 11.3. The molecule has 1 aliphatic heterocycles. The number of hydrogen-bond acceptors (Lipinski definition) is 8. The summed E-state index contributed by atoms with van der Waals surface area (Å²) in [7, 11) is 3.71. The van der Waals surface area contributed by atoms with E-state index in [1.54, 1.807) is 19.3 Å². The third-order valence-corrected chi connectivity index (χ3v) is 4.47. The van der Waals surface area contributed by atoms with E-state index in [1.165, 1.54) is 6.08 Å². The van der Waals surface area contributed by atoms with Crippen LogP contribution in [0.15, 0.2) is 24.4 Å². The minimum atomic E-state index is -0.157. The first-order chi connectivity index (χ1) is 13.6. The standard InChI is InChI=1S/C19H26N8O/c1-4-15-22-18(25-19(24-15)27-11-9-26(3)10-12-27)23-16-7-5-14(13-21-16)6-8-17(28)20-2/h5-8,13H,4,9-12H2,1-3H3,(H,20,28)(H,21,22,23,24,25)/b8-6+. The molecular weight excluding hydrogens is 356 g/mol. The van der Waals surface area contributed by atoms with Crippen LogP contribution in [0.3, 0.4) is 0 Å². The molecule has 9 nitrogen and oxygen atoms in total. The molecule has 2 aromatic heterocycles. The maximum Gasteiger partial charge on any atom is 0.243 e. The van der Waals surface area contributed by atoms with Gasteiger partial charge >= 0.3 is 0 Å². The fourth-order valence-corrected chi connectivity index (χ4v) is 2.72. The molecule has 0 atom stereocenters. The lowest BCUT2D eigenvalue weighted by Gasteiger charge is -2.32. The SMILES string of the molecule is CCc1nc(Nc2ccc(/C=C/C(=O)NC)cn2)nc(N2CCN(C)CC2)n1. The Bertz CT molecular complexity index is 828. The van der Waals surface area contributed by atoms with Crippen LogP contribution >= 0.6 is 0 Å². The molecule has 2 aromatic rings. The van der Waals surface area contributed by atoms with Crippen LogP contribution in [-0.2, 0) is 11.2 Å².